The summed E-state index contributed by atoms with van der Waals surface area (Å²) < 4.78 is 0. The molecule has 7 aromatic carbocycles. The Morgan fingerprint density at radius 3 is 1.78 bits per heavy atom. The van der Waals surface area contributed by atoms with Gasteiger partial charge in [-0.25, -0.2) is 0 Å². The van der Waals surface area contributed by atoms with E-state index in [2.05, 4.69) is 180 Å². The molecule has 0 atom stereocenters. The number of benzene rings is 7. The minimum atomic E-state index is -0.142. The number of rotatable bonds is 3. The van der Waals surface area contributed by atoms with E-state index >= 15 is 0 Å². The molecular formula is C49H41N. The summed E-state index contributed by atoms with van der Waals surface area (Å²) in [7, 11) is 0. The number of anilines is 2. The highest BCUT2D eigenvalue weighted by Crippen LogP contribution is 2.60. The fraction of sp³-hybridized carbons (Fsp3) is 0.184. The zero-order valence-electron chi connectivity index (χ0n) is 29.7. The largest absolute Gasteiger partial charge is 0.355 e. The van der Waals surface area contributed by atoms with Crippen LogP contribution in [0.25, 0.3) is 55.3 Å². The number of nitrogens with one attached hydrogen (secondary N) is 1. The van der Waals surface area contributed by atoms with Crippen LogP contribution in [0.5, 0.6) is 0 Å². The summed E-state index contributed by atoms with van der Waals surface area (Å²) in [6.07, 6.45) is 0. The molecule has 1 heteroatoms. The first kappa shape index (κ1) is 29.5. The predicted molar refractivity (Wildman–Crippen MR) is 212 cm³/mol. The fourth-order valence-electron chi connectivity index (χ4n) is 9.75. The van der Waals surface area contributed by atoms with Crippen molar-refractivity contribution in [3.05, 3.63) is 167 Å². The number of para-hydroxylation sites is 1. The van der Waals surface area contributed by atoms with Crippen molar-refractivity contribution >= 4 is 22.1 Å². The fourth-order valence-corrected chi connectivity index (χ4v) is 9.75. The molecule has 10 rings (SSSR count). The van der Waals surface area contributed by atoms with Gasteiger partial charge in [-0.05, 0) is 119 Å². The minimum Gasteiger partial charge on any atom is -0.355 e. The van der Waals surface area contributed by atoms with Crippen LogP contribution in [-0.2, 0) is 16.2 Å². The van der Waals surface area contributed by atoms with E-state index in [1.807, 2.05) is 0 Å². The second-order valence-electron chi connectivity index (χ2n) is 16.2. The molecule has 1 N–H and O–H groups in total. The molecule has 3 aliphatic rings. The van der Waals surface area contributed by atoms with Gasteiger partial charge in [-0.1, -0.05) is 139 Å². The summed E-state index contributed by atoms with van der Waals surface area (Å²) in [5, 5.41) is 6.61. The Morgan fingerprint density at radius 1 is 0.380 bits per heavy atom. The summed E-state index contributed by atoms with van der Waals surface area (Å²) in [6, 6.07) is 50.0. The summed E-state index contributed by atoms with van der Waals surface area (Å²) in [6.45, 7) is 14.5. The van der Waals surface area contributed by atoms with Gasteiger partial charge in [0.05, 0.1) is 0 Å². The smallest absolute Gasteiger partial charge is 0.0463 e. The highest BCUT2D eigenvalue weighted by Gasteiger charge is 2.44. The molecule has 0 amide bonds. The number of hydrogen-bond acceptors (Lipinski definition) is 1. The van der Waals surface area contributed by atoms with Gasteiger partial charge in [0, 0.05) is 33.2 Å². The Labute approximate surface area is 295 Å². The lowest BCUT2D eigenvalue weighted by Crippen LogP contribution is -2.24. The van der Waals surface area contributed by atoms with Crippen molar-refractivity contribution in [3.8, 4) is 44.5 Å². The van der Waals surface area contributed by atoms with Crippen molar-refractivity contribution in [1.82, 2.24) is 0 Å². The SMILES string of the molecule is CC1(C)c2cc(Nc3ccccc3-c3ccccc3)ccc2-c2cc3c(cc21)-c1c(cc2c4c(cccc14)C(C)(C)c1ccccc1-2)C3(C)C. The van der Waals surface area contributed by atoms with Crippen molar-refractivity contribution in [1.29, 1.82) is 0 Å². The van der Waals surface area contributed by atoms with Crippen LogP contribution >= 0.6 is 0 Å². The summed E-state index contributed by atoms with van der Waals surface area (Å²) in [5.41, 5.74) is 21.2. The molecule has 7 aromatic rings. The molecule has 0 radical (unpaired) electrons. The maximum Gasteiger partial charge on any atom is 0.0463 e. The lowest BCUT2D eigenvalue weighted by Gasteiger charge is -2.36. The van der Waals surface area contributed by atoms with Gasteiger partial charge in [0.1, 0.15) is 0 Å². The van der Waals surface area contributed by atoms with Gasteiger partial charge in [0.15, 0.2) is 0 Å². The zero-order valence-corrected chi connectivity index (χ0v) is 29.7. The van der Waals surface area contributed by atoms with Gasteiger partial charge in [-0.2, -0.15) is 0 Å². The van der Waals surface area contributed by atoms with Crippen LogP contribution in [0.2, 0.25) is 0 Å². The standard InChI is InChI=1S/C49H41N/c1-47(2)38-20-12-10-18-32(38)36-27-43-46(34-19-14-21-39(47)45(34)36)37-28-41-35(26-42(37)49(43,5)6)33-24-23-30(25-40(33)48(41,3)4)50-44-22-13-11-17-31(44)29-15-8-7-9-16-29/h7-28,50H,1-6H3. The molecule has 50 heavy (non-hydrogen) atoms. The first-order chi connectivity index (χ1) is 24.1. The lowest BCUT2D eigenvalue weighted by molar-refractivity contribution is 0.643. The molecule has 0 aromatic heterocycles. The van der Waals surface area contributed by atoms with Gasteiger partial charge in [0.2, 0.25) is 0 Å². The van der Waals surface area contributed by atoms with Gasteiger partial charge < -0.3 is 5.32 Å². The lowest BCUT2D eigenvalue weighted by atomic mass is 9.67. The Kier molecular flexibility index (Phi) is 5.82. The molecule has 1 nitrogen and oxygen atoms in total. The van der Waals surface area contributed by atoms with Crippen molar-refractivity contribution < 1.29 is 0 Å². The highest BCUT2D eigenvalue weighted by atomic mass is 14.9. The maximum absolute atomic E-state index is 3.79. The molecule has 0 saturated heterocycles. The van der Waals surface area contributed by atoms with Crippen LogP contribution in [0.4, 0.5) is 11.4 Å². The molecule has 0 saturated carbocycles. The van der Waals surface area contributed by atoms with Gasteiger partial charge in [-0.15, -0.1) is 0 Å². The second-order valence-corrected chi connectivity index (χ2v) is 16.2. The van der Waals surface area contributed by atoms with E-state index in [1.54, 1.807) is 0 Å². The highest BCUT2D eigenvalue weighted by molar-refractivity contribution is 6.13. The van der Waals surface area contributed by atoms with Crippen LogP contribution in [0.1, 0.15) is 74.9 Å². The third-order valence-corrected chi connectivity index (χ3v) is 12.4. The quantitative estimate of drug-likeness (QED) is 0.202. The van der Waals surface area contributed by atoms with E-state index in [9.17, 15) is 0 Å². The molecule has 0 bridgehead atoms. The Bertz CT molecular complexity index is 2580. The first-order valence-electron chi connectivity index (χ1n) is 18.0. The third kappa shape index (κ3) is 3.78. The van der Waals surface area contributed by atoms with Gasteiger partial charge in [-0.3, -0.25) is 0 Å². The van der Waals surface area contributed by atoms with E-state index in [-0.39, 0.29) is 16.2 Å². The van der Waals surface area contributed by atoms with Crippen LogP contribution < -0.4 is 5.32 Å². The summed E-state index contributed by atoms with van der Waals surface area (Å²) >= 11 is 0. The van der Waals surface area contributed by atoms with Gasteiger partial charge >= 0.3 is 0 Å². The van der Waals surface area contributed by atoms with Crippen LogP contribution in [0.3, 0.4) is 0 Å². The molecule has 0 heterocycles. The molecule has 3 aliphatic carbocycles. The van der Waals surface area contributed by atoms with Crippen molar-refractivity contribution in [3.63, 3.8) is 0 Å². The third-order valence-electron chi connectivity index (χ3n) is 12.4. The van der Waals surface area contributed by atoms with Crippen molar-refractivity contribution in [2.75, 3.05) is 5.32 Å². The van der Waals surface area contributed by atoms with E-state index in [4.69, 9.17) is 0 Å². The summed E-state index contributed by atoms with van der Waals surface area (Å²) in [5.74, 6) is 0. The monoisotopic (exact) mass is 643 g/mol. The molecule has 0 spiro atoms. The molecule has 0 fully saturated rings. The average molecular weight is 644 g/mol. The van der Waals surface area contributed by atoms with Crippen LogP contribution in [0, 0.1) is 0 Å². The maximum atomic E-state index is 3.79. The minimum absolute atomic E-state index is 0.0663. The second kappa shape index (κ2) is 9.86. The molecule has 0 aliphatic heterocycles. The Balaban J connectivity index is 1.13. The van der Waals surface area contributed by atoms with Crippen LogP contribution in [0.15, 0.2) is 133 Å². The molecule has 242 valence electrons. The Morgan fingerprint density at radius 2 is 0.960 bits per heavy atom. The van der Waals surface area contributed by atoms with Crippen LogP contribution in [-0.4, -0.2) is 0 Å². The zero-order chi connectivity index (χ0) is 34.2. The number of fused-ring (bicyclic) bond motifs is 9. The van der Waals surface area contributed by atoms with E-state index in [1.165, 1.54) is 88.7 Å². The first-order valence-corrected chi connectivity index (χ1v) is 18.0. The van der Waals surface area contributed by atoms with Gasteiger partial charge in [0.25, 0.3) is 0 Å². The van der Waals surface area contributed by atoms with E-state index in [0.29, 0.717) is 0 Å². The normalized spacial score (nSPS) is 16.3. The predicted octanol–water partition coefficient (Wildman–Crippen LogP) is 13.2. The average Bonchev–Trinajstić information content (AvgIpc) is 3.49. The Hall–Kier alpha value is -5.40. The topological polar surface area (TPSA) is 12.0 Å². The molecular weight excluding hydrogens is 603 g/mol. The van der Waals surface area contributed by atoms with E-state index < -0.39 is 0 Å². The number of hydrogen-bond donors (Lipinski definition) is 1. The van der Waals surface area contributed by atoms with E-state index in [0.717, 1.165) is 11.4 Å². The van der Waals surface area contributed by atoms with Crippen molar-refractivity contribution in [2.45, 2.75) is 57.8 Å². The molecule has 0 unspecified atom stereocenters. The summed E-state index contributed by atoms with van der Waals surface area (Å²) in [4.78, 5) is 0. The van der Waals surface area contributed by atoms with Crippen molar-refractivity contribution in [2.24, 2.45) is 0 Å².